The molecule has 20 heavy (non-hydrogen) atoms. The second-order valence-electron chi connectivity index (χ2n) is 4.42. The third kappa shape index (κ3) is 4.30. The van der Waals surface area contributed by atoms with Gasteiger partial charge in [0.2, 0.25) is 5.82 Å². The van der Waals surface area contributed by atoms with Crippen molar-refractivity contribution in [1.29, 1.82) is 0 Å². The number of hydrogen-bond acceptors (Lipinski definition) is 7. The molecule has 0 spiro atoms. The van der Waals surface area contributed by atoms with E-state index in [0.717, 1.165) is 6.54 Å². The summed E-state index contributed by atoms with van der Waals surface area (Å²) in [5, 5.41) is 14.2. The van der Waals surface area contributed by atoms with E-state index in [1.54, 1.807) is 6.92 Å². The Morgan fingerprint density at radius 2 is 2.05 bits per heavy atom. The summed E-state index contributed by atoms with van der Waals surface area (Å²) in [7, 11) is 3.86. The number of rotatable bonds is 8. The lowest BCUT2D eigenvalue weighted by molar-refractivity contribution is -0.385. The molecule has 112 valence electrons. The SMILES string of the molecule is CCOc1nc(CC)nc(NCCN(C)C)c1[N+](=O)[O-]. The minimum absolute atomic E-state index is 0.0247. The van der Waals surface area contributed by atoms with Crippen molar-refractivity contribution in [3.8, 4) is 5.88 Å². The molecule has 0 atom stereocenters. The summed E-state index contributed by atoms with van der Waals surface area (Å²) in [5.74, 6) is 0.759. The van der Waals surface area contributed by atoms with Crippen molar-refractivity contribution in [2.45, 2.75) is 20.3 Å². The molecule has 0 unspecified atom stereocenters. The maximum atomic E-state index is 11.2. The number of aryl methyl sites for hydroxylation is 1. The number of aromatic nitrogens is 2. The molecule has 0 fully saturated rings. The maximum absolute atomic E-state index is 11.2. The van der Waals surface area contributed by atoms with Gasteiger partial charge in [0.15, 0.2) is 0 Å². The van der Waals surface area contributed by atoms with Gasteiger partial charge in [-0.3, -0.25) is 10.1 Å². The van der Waals surface area contributed by atoms with Crippen LogP contribution in [0.15, 0.2) is 0 Å². The molecule has 0 saturated carbocycles. The molecule has 1 heterocycles. The number of nitrogens with zero attached hydrogens (tertiary/aromatic N) is 4. The lowest BCUT2D eigenvalue weighted by atomic mass is 10.4. The van der Waals surface area contributed by atoms with Crippen molar-refractivity contribution in [1.82, 2.24) is 14.9 Å². The van der Waals surface area contributed by atoms with E-state index in [1.165, 1.54) is 0 Å². The molecule has 1 aromatic rings. The molecule has 0 aromatic carbocycles. The van der Waals surface area contributed by atoms with Crippen LogP contribution in [0.1, 0.15) is 19.7 Å². The smallest absolute Gasteiger partial charge is 0.372 e. The number of nitrogens with one attached hydrogen (secondary N) is 1. The monoisotopic (exact) mass is 283 g/mol. The Morgan fingerprint density at radius 3 is 2.55 bits per heavy atom. The molecule has 0 bridgehead atoms. The molecular formula is C12H21N5O3. The minimum atomic E-state index is -0.511. The zero-order chi connectivity index (χ0) is 15.1. The van der Waals surface area contributed by atoms with Gasteiger partial charge in [0.1, 0.15) is 5.82 Å². The number of ether oxygens (including phenoxy) is 1. The molecule has 1 aromatic heterocycles. The Hall–Kier alpha value is -1.96. The molecule has 0 amide bonds. The molecule has 8 heteroatoms. The first-order chi connectivity index (χ1) is 9.49. The Kier molecular flexibility index (Phi) is 6.10. The van der Waals surface area contributed by atoms with E-state index in [4.69, 9.17) is 4.74 Å². The normalized spacial score (nSPS) is 10.7. The molecule has 0 radical (unpaired) electrons. The van der Waals surface area contributed by atoms with Crippen LogP contribution < -0.4 is 10.1 Å². The van der Waals surface area contributed by atoms with Crippen molar-refractivity contribution in [3.63, 3.8) is 0 Å². The second kappa shape index (κ2) is 7.59. The third-order valence-electron chi connectivity index (χ3n) is 2.53. The standard InChI is InChI=1S/C12H21N5O3/c1-5-9-14-11(13-7-8-16(3)4)10(17(18)19)12(15-9)20-6-2/h5-8H2,1-4H3,(H,13,14,15). The van der Waals surface area contributed by atoms with Gasteiger partial charge >= 0.3 is 5.69 Å². The molecule has 1 N–H and O–H groups in total. The van der Waals surface area contributed by atoms with E-state index >= 15 is 0 Å². The summed E-state index contributed by atoms with van der Waals surface area (Å²) < 4.78 is 5.27. The first-order valence-corrected chi connectivity index (χ1v) is 6.56. The maximum Gasteiger partial charge on any atom is 0.372 e. The van der Waals surface area contributed by atoms with Crippen LogP contribution in [0.25, 0.3) is 0 Å². The fourth-order valence-electron chi connectivity index (χ4n) is 1.56. The Bertz CT molecular complexity index is 465. The summed E-state index contributed by atoms with van der Waals surface area (Å²) in [6.07, 6.45) is 0.584. The summed E-state index contributed by atoms with van der Waals surface area (Å²) in [5.41, 5.74) is -0.206. The highest BCUT2D eigenvalue weighted by atomic mass is 16.6. The van der Waals surface area contributed by atoms with Crippen molar-refractivity contribution in [3.05, 3.63) is 15.9 Å². The Balaban J connectivity index is 3.09. The van der Waals surface area contributed by atoms with Crippen LogP contribution in [0.3, 0.4) is 0 Å². The number of likely N-dealkylation sites (N-methyl/N-ethyl adjacent to an activating group) is 1. The molecule has 8 nitrogen and oxygen atoms in total. The van der Waals surface area contributed by atoms with E-state index in [1.807, 2.05) is 25.9 Å². The Labute approximate surface area is 118 Å². The van der Waals surface area contributed by atoms with Crippen molar-refractivity contribution in [2.24, 2.45) is 0 Å². The quantitative estimate of drug-likeness (QED) is 0.568. The number of anilines is 1. The molecule has 1 rings (SSSR count). The average molecular weight is 283 g/mol. The molecule has 0 aliphatic rings. The molecular weight excluding hydrogens is 262 g/mol. The first-order valence-electron chi connectivity index (χ1n) is 6.56. The fraction of sp³-hybridized carbons (Fsp3) is 0.667. The van der Waals surface area contributed by atoms with Crippen molar-refractivity contribution in [2.75, 3.05) is 39.1 Å². The zero-order valence-corrected chi connectivity index (χ0v) is 12.3. The van der Waals surface area contributed by atoms with E-state index in [9.17, 15) is 10.1 Å². The largest absolute Gasteiger partial charge is 0.473 e. The van der Waals surface area contributed by atoms with Gasteiger partial charge < -0.3 is 15.0 Å². The van der Waals surface area contributed by atoms with E-state index in [0.29, 0.717) is 25.4 Å². The lowest BCUT2D eigenvalue weighted by Gasteiger charge is -2.13. The highest BCUT2D eigenvalue weighted by Crippen LogP contribution is 2.31. The van der Waals surface area contributed by atoms with Crippen molar-refractivity contribution < 1.29 is 9.66 Å². The summed E-state index contributed by atoms with van der Waals surface area (Å²) in [4.78, 5) is 20.9. The summed E-state index contributed by atoms with van der Waals surface area (Å²) in [6, 6.07) is 0. The van der Waals surface area contributed by atoms with Crippen molar-refractivity contribution >= 4 is 11.5 Å². The van der Waals surface area contributed by atoms with E-state index in [2.05, 4.69) is 15.3 Å². The Morgan fingerprint density at radius 1 is 1.35 bits per heavy atom. The predicted molar refractivity (Wildman–Crippen MR) is 76.3 cm³/mol. The predicted octanol–water partition coefficient (Wildman–Crippen LogP) is 1.32. The average Bonchev–Trinajstić information content (AvgIpc) is 2.37. The second-order valence-corrected chi connectivity index (χ2v) is 4.42. The van der Waals surface area contributed by atoms with Gasteiger partial charge in [-0.2, -0.15) is 4.98 Å². The number of nitro groups is 1. The van der Waals surface area contributed by atoms with Gasteiger partial charge in [-0.15, -0.1) is 0 Å². The van der Waals surface area contributed by atoms with Crippen LogP contribution in [-0.4, -0.2) is 53.6 Å². The van der Waals surface area contributed by atoms with E-state index in [-0.39, 0.29) is 17.4 Å². The zero-order valence-electron chi connectivity index (χ0n) is 12.3. The minimum Gasteiger partial charge on any atom is -0.473 e. The van der Waals surface area contributed by atoms with Crippen LogP contribution in [0.5, 0.6) is 5.88 Å². The van der Waals surface area contributed by atoms with Gasteiger partial charge in [-0.25, -0.2) is 4.98 Å². The first kappa shape index (κ1) is 16.1. The third-order valence-corrected chi connectivity index (χ3v) is 2.53. The van der Waals surface area contributed by atoms with Gasteiger partial charge in [-0.1, -0.05) is 6.92 Å². The van der Waals surface area contributed by atoms with Crippen LogP contribution in [-0.2, 0) is 6.42 Å². The summed E-state index contributed by atoms with van der Waals surface area (Å²) >= 11 is 0. The lowest BCUT2D eigenvalue weighted by Crippen LogP contribution is -2.22. The van der Waals surface area contributed by atoms with Crippen LogP contribution in [0, 0.1) is 10.1 Å². The highest BCUT2D eigenvalue weighted by molar-refractivity contribution is 5.61. The van der Waals surface area contributed by atoms with Gasteiger partial charge in [0, 0.05) is 19.5 Å². The highest BCUT2D eigenvalue weighted by Gasteiger charge is 2.25. The summed E-state index contributed by atoms with van der Waals surface area (Å²) in [6.45, 7) is 5.27. The van der Waals surface area contributed by atoms with Crippen LogP contribution >= 0.6 is 0 Å². The number of hydrogen-bond donors (Lipinski definition) is 1. The van der Waals surface area contributed by atoms with Crippen LogP contribution in [0.2, 0.25) is 0 Å². The molecule has 0 saturated heterocycles. The van der Waals surface area contributed by atoms with Gasteiger partial charge in [0.05, 0.1) is 11.5 Å². The molecule has 0 aliphatic heterocycles. The molecule has 0 aliphatic carbocycles. The van der Waals surface area contributed by atoms with Crippen LogP contribution in [0.4, 0.5) is 11.5 Å². The van der Waals surface area contributed by atoms with E-state index < -0.39 is 4.92 Å². The van der Waals surface area contributed by atoms with Gasteiger partial charge in [-0.05, 0) is 21.0 Å². The van der Waals surface area contributed by atoms with Gasteiger partial charge in [0.25, 0.3) is 5.88 Å². The topological polar surface area (TPSA) is 93.4 Å². The fourth-order valence-corrected chi connectivity index (χ4v) is 1.56.